The zero-order chi connectivity index (χ0) is 22.2. The summed E-state index contributed by atoms with van der Waals surface area (Å²) in [6, 6.07) is 7.29. The molecule has 160 valence electrons. The molecule has 0 aliphatic heterocycles. The van der Waals surface area contributed by atoms with Gasteiger partial charge in [0, 0.05) is 21.6 Å². The maximum atomic E-state index is 13.6. The van der Waals surface area contributed by atoms with Crippen molar-refractivity contribution in [2.75, 3.05) is 0 Å². The van der Waals surface area contributed by atoms with Crippen molar-refractivity contribution in [3.8, 4) is 23.7 Å². The Kier molecular flexibility index (Phi) is 5.75. The summed E-state index contributed by atoms with van der Waals surface area (Å²) >= 11 is 0.841. The molecule has 4 rings (SSSR count). The number of hydrogen-bond donors (Lipinski definition) is 0. The summed E-state index contributed by atoms with van der Waals surface area (Å²) < 4.78 is 81.5. The van der Waals surface area contributed by atoms with Crippen molar-refractivity contribution < 1.29 is 26.3 Å². The summed E-state index contributed by atoms with van der Waals surface area (Å²) in [5.74, 6) is 11.1. The zero-order valence-corrected chi connectivity index (χ0v) is 16.9. The Hall–Kier alpha value is -2.51. The van der Waals surface area contributed by atoms with Gasteiger partial charge in [0.05, 0.1) is 22.3 Å². The number of hydrogen-bond acceptors (Lipinski definition) is 1. The van der Waals surface area contributed by atoms with E-state index < -0.39 is 23.5 Å². The van der Waals surface area contributed by atoms with E-state index in [2.05, 4.69) is 23.7 Å². The second-order valence-electron chi connectivity index (χ2n) is 7.54. The number of benzene rings is 2. The molecule has 2 fully saturated rings. The number of halogens is 6. The predicted molar refractivity (Wildman–Crippen MR) is 106 cm³/mol. The second kappa shape index (κ2) is 8.20. The summed E-state index contributed by atoms with van der Waals surface area (Å²) in [6.45, 7) is 0. The van der Waals surface area contributed by atoms with Crippen molar-refractivity contribution in [3.63, 3.8) is 0 Å². The molecular formula is C24H16F6S. The molecule has 0 N–H and O–H groups in total. The van der Waals surface area contributed by atoms with Crippen molar-refractivity contribution in [1.82, 2.24) is 0 Å². The first-order chi connectivity index (χ1) is 14.6. The average molecular weight is 450 g/mol. The third-order valence-corrected chi connectivity index (χ3v) is 5.96. The van der Waals surface area contributed by atoms with E-state index in [1.54, 1.807) is 0 Å². The van der Waals surface area contributed by atoms with Gasteiger partial charge < -0.3 is 0 Å². The van der Waals surface area contributed by atoms with Crippen LogP contribution in [0.4, 0.5) is 26.3 Å². The molecule has 0 atom stereocenters. The van der Waals surface area contributed by atoms with Crippen LogP contribution in [0.3, 0.4) is 0 Å². The first-order valence-corrected chi connectivity index (χ1v) is 10.6. The summed E-state index contributed by atoms with van der Waals surface area (Å²) in [4.78, 5) is 0.327. The fourth-order valence-electron chi connectivity index (χ4n) is 2.88. The second-order valence-corrected chi connectivity index (χ2v) is 8.63. The van der Waals surface area contributed by atoms with Crippen LogP contribution in [-0.2, 0) is 12.4 Å². The molecule has 2 aromatic rings. The first-order valence-electron chi connectivity index (χ1n) is 9.74. The van der Waals surface area contributed by atoms with Crippen molar-refractivity contribution >= 4 is 11.8 Å². The maximum absolute atomic E-state index is 13.6. The first kappa shape index (κ1) is 21.7. The minimum absolute atomic E-state index is 0.0765. The molecule has 0 unspecified atom stereocenters. The summed E-state index contributed by atoms with van der Waals surface area (Å²) in [5, 5.41) is 0. The molecule has 0 bridgehead atoms. The lowest BCUT2D eigenvalue weighted by Crippen LogP contribution is -2.09. The summed E-state index contributed by atoms with van der Waals surface area (Å²) in [7, 11) is 0. The highest BCUT2D eigenvalue weighted by Crippen LogP contribution is 2.42. The van der Waals surface area contributed by atoms with Gasteiger partial charge in [-0.1, -0.05) is 47.6 Å². The van der Waals surface area contributed by atoms with Gasteiger partial charge in [-0.3, -0.25) is 0 Å². The monoisotopic (exact) mass is 450 g/mol. The lowest BCUT2D eigenvalue weighted by atomic mass is 10.1. The van der Waals surface area contributed by atoms with Gasteiger partial charge >= 0.3 is 12.4 Å². The van der Waals surface area contributed by atoms with Crippen molar-refractivity contribution in [3.05, 3.63) is 58.7 Å². The lowest BCUT2D eigenvalue weighted by molar-refractivity contribution is -0.138. The van der Waals surface area contributed by atoms with Crippen molar-refractivity contribution in [2.45, 2.75) is 47.8 Å². The van der Waals surface area contributed by atoms with Crippen LogP contribution in [0.5, 0.6) is 0 Å². The van der Waals surface area contributed by atoms with Gasteiger partial charge in [-0.2, -0.15) is 26.3 Å². The molecule has 0 nitrogen and oxygen atoms in total. The van der Waals surface area contributed by atoms with E-state index in [0.29, 0.717) is 0 Å². The normalized spacial score (nSPS) is 16.2. The molecule has 31 heavy (non-hydrogen) atoms. The Labute approximate surface area is 180 Å². The Morgan fingerprint density at radius 2 is 1.03 bits per heavy atom. The molecule has 2 aromatic carbocycles. The van der Waals surface area contributed by atoms with E-state index >= 15 is 0 Å². The van der Waals surface area contributed by atoms with Crippen LogP contribution in [-0.4, -0.2) is 0 Å². The van der Waals surface area contributed by atoms with Gasteiger partial charge in [-0.05, 0) is 49.9 Å². The third-order valence-electron chi connectivity index (χ3n) is 4.84. The van der Waals surface area contributed by atoms with Crippen LogP contribution in [0.1, 0.15) is 47.9 Å². The Bertz CT molecular complexity index is 1020. The van der Waals surface area contributed by atoms with Crippen LogP contribution < -0.4 is 0 Å². The topological polar surface area (TPSA) is 0 Å². The Morgan fingerprint density at radius 3 is 1.35 bits per heavy atom. The fourth-order valence-corrected chi connectivity index (χ4v) is 3.94. The summed E-state index contributed by atoms with van der Waals surface area (Å²) in [5.41, 5.74) is -2.18. The number of rotatable bonds is 2. The van der Waals surface area contributed by atoms with Crippen LogP contribution in [0.2, 0.25) is 0 Å². The molecule has 0 radical (unpaired) electrons. The van der Waals surface area contributed by atoms with E-state index in [1.165, 1.54) is 24.3 Å². The van der Waals surface area contributed by atoms with E-state index in [0.717, 1.165) is 49.6 Å². The maximum Gasteiger partial charge on any atom is 0.417 e. The summed E-state index contributed by atoms with van der Waals surface area (Å²) in [6.07, 6.45) is -5.86. The van der Waals surface area contributed by atoms with Gasteiger partial charge in [0.15, 0.2) is 0 Å². The highest BCUT2D eigenvalue weighted by Gasteiger charge is 2.36. The molecule has 2 aliphatic rings. The molecule has 2 saturated carbocycles. The standard InChI is InChI=1S/C24H16F6S/c25-23(26,27)19-3-1-5-21(17(19)13-11-15-7-8-15)31-22-6-2-4-20(24(28,29)30)18(22)14-12-16-9-10-16/h1-6,15-16H,7-10H2. The fraction of sp³-hybridized carbons (Fsp3) is 0.333. The Balaban J connectivity index is 1.81. The number of alkyl halides is 6. The van der Waals surface area contributed by atoms with Gasteiger partial charge in [0.25, 0.3) is 0 Å². The largest absolute Gasteiger partial charge is 0.417 e. The van der Waals surface area contributed by atoms with Gasteiger partial charge in [0.1, 0.15) is 0 Å². The van der Waals surface area contributed by atoms with Crippen molar-refractivity contribution in [2.24, 2.45) is 11.8 Å². The van der Waals surface area contributed by atoms with Crippen LogP contribution in [0.25, 0.3) is 0 Å². The van der Waals surface area contributed by atoms with Crippen LogP contribution in [0.15, 0.2) is 46.2 Å². The van der Waals surface area contributed by atoms with E-state index in [9.17, 15) is 26.3 Å². The minimum atomic E-state index is -4.62. The Morgan fingerprint density at radius 1 is 0.645 bits per heavy atom. The minimum Gasteiger partial charge on any atom is -0.166 e. The highest BCUT2D eigenvalue weighted by molar-refractivity contribution is 7.99. The van der Waals surface area contributed by atoms with Crippen molar-refractivity contribution in [1.29, 1.82) is 0 Å². The quantitative estimate of drug-likeness (QED) is 0.339. The van der Waals surface area contributed by atoms with Crippen LogP contribution in [0, 0.1) is 35.5 Å². The lowest BCUT2D eigenvalue weighted by Gasteiger charge is -2.15. The van der Waals surface area contributed by atoms with E-state index in [4.69, 9.17) is 0 Å². The molecule has 0 spiro atoms. The van der Waals surface area contributed by atoms with Gasteiger partial charge in [-0.15, -0.1) is 0 Å². The molecule has 0 heterocycles. The highest BCUT2D eigenvalue weighted by atomic mass is 32.2. The zero-order valence-electron chi connectivity index (χ0n) is 16.1. The average Bonchev–Trinajstić information content (AvgIpc) is 3.59. The van der Waals surface area contributed by atoms with Crippen LogP contribution >= 0.6 is 11.8 Å². The third kappa shape index (κ3) is 5.40. The smallest absolute Gasteiger partial charge is 0.166 e. The van der Waals surface area contributed by atoms with Gasteiger partial charge in [0.2, 0.25) is 0 Å². The molecule has 0 aromatic heterocycles. The van der Waals surface area contributed by atoms with Gasteiger partial charge in [-0.25, -0.2) is 0 Å². The molecule has 0 saturated heterocycles. The van der Waals surface area contributed by atoms with E-state index in [-0.39, 0.29) is 32.8 Å². The molecule has 0 amide bonds. The predicted octanol–water partition coefficient (Wildman–Crippen LogP) is 7.40. The molecular weight excluding hydrogens is 434 g/mol. The molecule has 2 aliphatic carbocycles. The molecule has 7 heteroatoms. The SMILES string of the molecule is FC(F)(F)c1cccc(Sc2cccc(C(F)(F)F)c2C#CC2CC2)c1C#CC1CC1. The van der Waals surface area contributed by atoms with E-state index in [1.807, 2.05) is 0 Å².